The van der Waals surface area contributed by atoms with E-state index in [1.807, 2.05) is 18.2 Å². The fourth-order valence-corrected chi connectivity index (χ4v) is 3.11. The molecule has 1 unspecified atom stereocenters. The molecule has 0 bridgehead atoms. The number of benzene rings is 1. The summed E-state index contributed by atoms with van der Waals surface area (Å²) < 4.78 is 6.39. The van der Waals surface area contributed by atoms with Crippen molar-refractivity contribution in [3.05, 3.63) is 42.2 Å². The molecule has 1 heterocycles. The van der Waals surface area contributed by atoms with Gasteiger partial charge in [-0.25, -0.2) is 0 Å². The molecule has 0 saturated heterocycles. The third-order valence-electron chi connectivity index (χ3n) is 4.32. The van der Waals surface area contributed by atoms with E-state index in [-0.39, 0.29) is 5.04 Å². The lowest BCUT2D eigenvalue weighted by molar-refractivity contribution is 0.235. The van der Waals surface area contributed by atoms with Crippen molar-refractivity contribution in [2.45, 2.75) is 45.0 Å². The molecule has 0 spiro atoms. The maximum atomic E-state index is 6.39. The van der Waals surface area contributed by atoms with Crippen LogP contribution in [0.5, 0.6) is 0 Å². The Morgan fingerprint density at radius 1 is 1.19 bits per heavy atom. The number of hydrogen-bond donors (Lipinski definition) is 0. The van der Waals surface area contributed by atoms with Crippen LogP contribution < -0.4 is 0 Å². The molecule has 2 nitrogen and oxygen atoms in total. The van der Waals surface area contributed by atoms with Crippen LogP contribution in [0.1, 0.15) is 32.6 Å². The van der Waals surface area contributed by atoms with Gasteiger partial charge < -0.3 is 4.43 Å². The van der Waals surface area contributed by atoms with E-state index >= 15 is 0 Å². The quantitative estimate of drug-likeness (QED) is 0.592. The highest BCUT2D eigenvalue weighted by Gasteiger charge is 2.39. The molecule has 0 N–H and O–H groups in total. The Kier molecular flexibility index (Phi) is 4.22. The Balaban J connectivity index is 2.44. The minimum atomic E-state index is -1.94. The van der Waals surface area contributed by atoms with Crippen molar-refractivity contribution in [1.82, 2.24) is 4.98 Å². The van der Waals surface area contributed by atoms with E-state index in [9.17, 15) is 0 Å². The molecule has 0 radical (unpaired) electrons. The molecule has 1 atom stereocenters. The van der Waals surface area contributed by atoms with Gasteiger partial charge in [0.25, 0.3) is 0 Å². The minimum absolute atomic E-state index is 0.118. The van der Waals surface area contributed by atoms with Gasteiger partial charge >= 0.3 is 0 Å². The number of hydrogen-bond acceptors (Lipinski definition) is 2. The topological polar surface area (TPSA) is 22.1 Å². The monoisotopic (exact) mass is 297 g/mol. The van der Waals surface area contributed by atoms with Crippen LogP contribution in [0.4, 0.5) is 0 Å². The largest absolute Gasteiger partial charge is 0.398 e. The molecular formula is C18H23NOSi. The second-order valence-corrected chi connectivity index (χ2v) is 11.6. The summed E-state index contributed by atoms with van der Waals surface area (Å²) in [6.45, 7) is 11.1. The molecule has 2 rings (SSSR count). The molecule has 110 valence electrons. The van der Waals surface area contributed by atoms with E-state index in [2.05, 4.69) is 56.9 Å². The third kappa shape index (κ3) is 3.17. The van der Waals surface area contributed by atoms with Gasteiger partial charge in [0.2, 0.25) is 0 Å². The second kappa shape index (κ2) is 5.63. The van der Waals surface area contributed by atoms with Gasteiger partial charge in [-0.05, 0) is 29.6 Å². The van der Waals surface area contributed by atoms with Gasteiger partial charge in [0, 0.05) is 11.6 Å². The van der Waals surface area contributed by atoms with E-state index in [4.69, 9.17) is 10.8 Å². The van der Waals surface area contributed by atoms with Gasteiger partial charge in [0.1, 0.15) is 0 Å². The van der Waals surface area contributed by atoms with E-state index < -0.39 is 14.4 Å². The predicted octanol–water partition coefficient (Wildman–Crippen LogP) is 4.93. The highest BCUT2D eigenvalue weighted by molar-refractivity contribution is 6.74. The van der Waals surface area contributed by atoms with Gasteiger partial charge in [0.05, 0.1) is 5.69 Å². The van der Waals surface area contributed by atoms with Crippen LogP contribution in [0.15, 0.2) is 36.5 Å². The van der Waals surface area contributed by atoms with Crippen LogP contribution in [0, 0.1) is 12.3 Å². The van der Waals surface area contributed by atoms with Gasteiger partial charge in [-0.1, -0.05) is 51.0 Å². The normalized spacial score (nSPS) is 13.9. The molecule has 0 aliphatic carbocycles. The molecule has 0 fully saturated rings. The zero-order chi connectivity index (χ0) is 15.7. The van der Waals surface area contributed by atoms with Crippen LogP contribution in [0.25, 0.3) is 10.8 Å². The molecule has 0 aliphatic heterocycles. The summed E-state index contributed by atoms with van der Waals surface area (Å²) in [4.78, 5) is 4.50. The molecule has 0 saturated carbocycles. The van der Waals surface area contributed by atoms with Crippen molar-refractivity contribution in [3.8, 4) is 12.3 Å². The van der Waals surface area contributed by atoms with Gasteiger partial charge in [-0.15, -0.1) is 6.42 Å². The molecule has 1 aromatic heterocycles. The molecular weight excluding hydrogens is 274 g/mol. The number of terminal acetylenes is 1. The summed E-state index contributed by atoms with van der Waals surface area (Å²) >= 11 is 0. The molecule has 2 aromatic rings. The Hall–Kier alpha value is -1.63. The molecule has 0 aliphatic rings. The first-order valence-corrected chi connectivity index (χ1v) is 10.1. The standard InChI is InChI=1S/C18H23NOSi/c1-7-16(20-21(5,6)18(2,3)4)17-15-11-9-8-10-14(15)12-13-19-17/h1,8-13,16H,2-6H3. The van der Waals surface area contributed by atoms with E-state index in [1.165, 1.54) is 0 Å². The van der Waals surface area contributed by atoms with Crippen LogP contribution in [-0.2, 0) is 4.43 Å². The Bertz CT molecular complexity index is 674. The maximum absolute atomic E-state index is 6.39. The zero-order valence-corrected chi connectivity index (χ0v) is 14.5. The number of rotatable bonds is 3. The van der Waals surface area contributed by atoms with Gasteiger partial charge in [-0.3, -0.25) is 4.98 Å². The Labute approximate surface area is 128 Å². The highest BCUT2D eigenvalue weighted by atomic mass is 28.4. The number of nitrogens with zero attached hydrogens (tertiary/aromatic N) is 1. The average Bonchev–Trinajstić information content (AvgIpc) is 2.43. The van der Waals surface area contributed by atoms with E-state index in [0.29, 0.717) is 0 Å². The fraction of sp³-hybridized carbons (Fsp3) is 0.389. The summed E-state index contributed by atoms with van der Waals surface area (Å²) in [7, 11) is -1.94. The van der Waals surface area contributed by atoms with Crippen molar-refractivity contribution in [2.75, 3.05) is 0 Å². The third-order valence-corrected chi connectivity index (χ3v) is 8.76. The van der Waals surface area contributed by atoms with Gasteiger partial charge in [0.15, 0.2) is 14.4 Å². The SMILES string of the molecule is C#CC(O[Si](C)(C)C(C)(C)C)c1nccc2ccccc12. The summed E-state index contributed by atoms with van der Waals surface area (Å²) in [5.41, 5.74) is 0.848. The van der Waals surface area contributed by atoms with Crippen molar-refractivity contribution in [1.29, 1.82) is 0 Å². The Morgan fingerprint density at radius 2 is 1.86 bits per heavy atom. The van der Waals surface area contributed by atoms with E-state index in [0.717, 1.165) is 16.5 Å². The molecule has 1 aromatic carbocycles. The smallest absolute Gasteiger partial charge is 0.194 e. The lowest BCUT2D eigenvalue weighted by Gasteiger charge is -2.38. The first kappa shape index (κ1) is 15.8. The van der Waals surface area contributed by atoms with Crippen LogP contribution in [0.3, 0.4) is 0 Å². The molecule has 0 amide bonds. The van der Waals surface area contributed by atoms with Crippen LogP contribution in [-0.4, -0.2) is 13.3 Å². The molecule has 21 heavy (non-hydrogen) atoms. The van der Waals surface area contributed by atoms with E-state index in [1.54, 1.807) is 6.20 Å². The summed E-state index contributed by atoms with van der Waals surface area (Å²) in [6.07, 6.45) is 7.16. The lowest BCUT2D eigenvalue weighted by atomic mass is 10.1. The van der Waals surface area contributed by atoms with Gasteiger partial charge in [-0.2, -0.15) is 0 Å². The molecule has 3 heteroatoms. The summed E-state index contributed by atoms with van der Waals surface area (Å²) in [5, 5.41) is 2.33. The Morgan fingerprint density at radius 3 is 2.48 bits per heavy atom. The van der Waals surface area contributed by atoms with Crippen molar-refractivity contribution in [2.24, 2.45) is 0 Å². The van der Waals surface area contributed by atoms with Crippen LogP contribution >= 0.6 is 0 Å². The second-order valence-electron chi connectivity index (χ2n) is 6.84. The highest BCUT2D eigenvalue weighted by Crippen LogP contribution is 2.40. The number of aromatic nitrogens is 1. The maximum Gasteiger partial charge on any atom is 0.194 e. The first-order chi connectivity index (χ1) is 9.76. The lowest BCUT2D eigenvalue weighted by Crippen LogP contribution is -2.41. The number of fused-ring (bicyclic) bond motifs is 1. The average molecular weight is 297 g/mol. The zero-order valence-electron chi connectivity index (χ0n) is 13.5. The van der Waals surface area contributed by atoms with Crippen molar-refractivity contribution < 1.29 is 4.43 Å². The van der Waals surface area contributed by atoms with Crippen molar-refractivity contribution in [3.63, 3.8) is 0 Å². The number of pyridine rings is 1. The minimum Gasteiger partial charge on any atom is -0.398 e. The first-order valence-electron chi connectivity index (χ1n) is 7.24. The summed E-state index contributed by atoms with van der Waals surface area (Å²) in [6, 6.07) is 10.1. The van der Waals surface area contributed by atoms with Crippen molar-refractivity contribution >= 4 is 19.1 Å². The fourth-order valence-electron chi connectivity index (χ4n) is 1.99. The predicted molar refractivity (Wildman–Crippen MR) is 91.6 cm³/mol. The van der Waals surface area contributed by atoms with Crippen LogP contribution in [0.2, 0.25) is 18.1 Å². The summed E-state index contributed by atoms with van der Waals surface area (Å²) in [5.74, 6) is 2.79.